The maximum atomic E-state index is 5.36. The van der Waals surface area contributed by atoms with E-state index in [4.69, 9.17) is 4.74 Å². The Kier molecular flexibility index (Phi) is 2.73. The van der Waals surface area contributed by atoms with Crippen LogP contribution in [-0.2, 0) is 0 Å². The maximum Gasteiger partial charge on any atom is 0.127 e. The van der Waals surface area contributed by atoms with Crippen LogP contribution in [0.1, 0.15) is 24.4 Å². The van der Waals surface area contributed by atoms with E-state index in [1.165, 1.54) is 29.8 Å². The second kappa shape index (κ2) is 4.01. The van der Waals surface area contributed by atoms with Crippen LogP contribution in [0.4, 0.5) is 0 Å². The number of methoxy groups -OCH3 is 1. The highest BCUT2D eigenvalue weighted by Gasteiger charge is 2.25. The summed E-state index contributed by atoms with van der Waals surface area (Å²) in [7, 11) is 5.86. The highest BCUT2D eigenvalue weighted by atomic mass is 16.5. The minimum absolute atomic E-state index is 0.520. The van der Waals surface area contributed by atoms with Crippen molar-refractivity contribution in [1.82, 2.24) is 0 Å². The van der Waals surface area contributed by atoms with Crippen molar-refractivity contribution in [3.63, 3.8) is 0 Å². The summed E-state index contributed by atoms with van der Waals surface area (Å²) in [4.78, 5) is 1.36. The molecule has 0 radical (unpaired) electrons. The molecular formula is C12H17NO. The van der Waals surface area contributed by atoms with Gasteiger partial charge >= 0.3 is 0 Å². The molecule has 0 aromatic heterocycles. The Hall–Kier alpha value is -1.02. The fraction of sp³-hybridized carbons (Fsp3) is 0.417. The van der Waals surface area contributed by atoms with Crippen molar-refractivity contribution in [1.29, 1.82) is 0 Å². The van der Waals surface area contributed by atoms with E-state index in [9.17, 15) is 0 Å². The molecule has 2 unspecified atom stereocenters. The van der Waals surface area contributed by atoms with Crippen molar-refractivity contribution in [2.75, 3.05) is 13.7 Å². The van der Waals surface area contributed by atoms with E-state index in [1.54, 1.807) is 7.11 Å². The third kappa shape index (κ3) is 1.62. The van der Waals surface area contributed by atoms with Gasteiger partial charge in [0.25, 0.3) is 0 Å². The molecule has 1 fully saturated rings. The van der Waals surface area contributed by atoms with Crippen molar-refractivity contribution >= 4 is 0 Å². The summed E-state index contributed by atoms with van der Waals surface area (Å²) in [6.45, 7) is 1.17. The number of hydrogen-bond acceptors (Lipinski definition) is 1. The van der Waals surface area contributed by atoms with Gasteiger partial charge in [0, 0.05) is 18.4 Å². The second-order valence-electron chi connectivity index (χ2n) is 3.85. The number of hydrogen-bond donors (Lipinski definition) is 1. The number of benzene rings is 1. The molecule has 2 rings (SSSR count). The first-order valence-electron chi connectivity index (χ1n) is 5.13. The van der Waals surface area contributed by atoms with Crippen molar-refractivity contribution in [3.8, 4) is 5.75 Å². The number of nitrogens with one attached hydrogen (secondary N) is 1. The van der Waals surface area contributed by atoms with Crippen molar-refractivity contribution < 1.29 is 9.64 Å². The van der Waals surface area contributed by atoms with Crippen LogP contribution in [0.5, 0.6) is 5.75 Å². The summed E-state index contributed by atoms with van der Waals surface area (Å²) in [6, 6.07) is 8.79. The van der Waals surface area contributed by atoms with E-state index < -0.39 is 0 Å². The number of likely N-dealkylation sites (tertiary alicyclic amines) is 1. The van der Waals surface area contributed by atoms with Gasteiger partial charge in [-0.3, -0.25) is 0 Å². The van der Waals surface area contributed by atoms with E-state index in [0.29, 0.717) is 6.04 Å². The van der Waals surface area contributed by atoms with Gasteiger partial charge in [0.1, 0.15) is 5.75 Å². The summed E-state index contributed by atoms with van der Waals surface area (Å²) >= 11 is 0. The molecule has 76 valence electrons. The molecule has 1 aromatic rings. The predicted molar refractivity (Wildman–Crippen MR) is 56.2 cm³/mol. The average Bonchev–Trinajstić information content (AvgIpc) is 2.64. The third-order valence-corrected chi connectivity index (χ3v) is 3.00. The summed E-state index contributed by atoms with van der Waals surface area (Å²) < 4.78 is 5.36. The summed E-state index contributed by atoms with van der Waals surface area (Å²) in [5.41, 5.74) is 1.30. The molecule has 1 aliphatic heterocycles. The Morgan fingerprint density at radius 1 is 1.43 bits per heavy atom. The maximum absolute atomic E-state index is 5.36. The molecule has 0 bridgehead atoms. The Labute approximate surface area is 85.5 Å². The topological polar surface area (TPSA) is 13.7 Å². The monoisotopic (exact) mass is 191 g/mol. The van der Waals surface area contributed by atoms with Gasteiger partial charge in [0.2, 0.25) is 0 Å². The zero-order chi connectivity index (χ0) is 9.97. The first-order valence-corrected chi connectivity index (χ1v) is 5.13. The van der Waals surface area contributed by atoms with Crippen molar-refractivity contribution in [2.24, 2.45) is 0 Å². The largest absolute Gasteiger partial charge is 0.496 e. The number of quaternary nitrogens is 1. The quantitative estimate of drug-likeness (QED) is 0.694. The lowest BCUT2D eigenvalue weighted by atomic mass is 10.0. The van der Waals surface area contributed by atoms with Gasteiger partial charge in [-0.25, -0.2) is 0 Å². The molecule has 1 N–H and O–H groups in total. The highest BCUT2D eigenvalue weighted by molar-refractivity contribution is 5.35. The Bertz CT molecular complexity index is 311. The molecule has 2 nitrogen and oxygen atoms in total. The number of para-hydroxylation sites is 1. The normalized spacial score (nSPS) is 26.4. The molecule has 0 saturated carbocycles. The first kappa shape index (κ1) is 9.53. The van der Waals surface area contributed by atoms with Gasteiger partial charge in [0.05, 0.1) is 19.7 Å². The Morgan fingerprint density at radius 3 is 2.86 bits per heavy atom. The lowest BCUT2D eigenvalue weighted by molar-refractivity contribution is -0.872. The fourth-order valence-electron chi connectivity index (χ4n) is 2.24. The molecule has 1 aromatic carbocycles. The van der Waals surface area contributed by atoms with Gasteiger partial charge in [-0.2, -0.15) is 7.05 Å². The fourth-order valence-corrected chi connectivity index (χ4v) is 2.24. The van der Waals surface area contributed by atoms with Gasteiger partial charge in [-0.15, -0.1) is 0 Å². The van der Waals surface area contributed by atoms with E-state index in [-0.39, 0.29) is 0 Å². The summed E-state index contributed by atoms with van der Waals surface area (Å²) in [5.74, 6) is 1.00. The van der Waals surface area contributed by atoms with Crippen molar-refractivity contribution in [3.05, 3.63) is 36.9 Å². The van der Waals surface area contributed by atoms with Crippen LogP contribution < -0.4 is 9.64 Å². The minimum atomic E-state index is 0.520. The van der Waals surface area contributed by atoms with Gasteiger partial charge < -0.3 is 9.64 Å². The highest BCUT2D eigenvalue weighted by Crippen LogP contribution is 2.27. The standard InChI is InChI=1S/C12H17NO/c1-13-9-5-7-11(13)10-6-3-4-8-12(10)14-2/h3-4,6,8,11,13H,1,5,7,9H2,2H3. The summed E-state index contributed by atoms with van der Waals surface area (Å²) in [6.07, 6.45) is 2.49. The zero-order valence-electron chi connectivity index (χ0n) is 8.62. The van der Waals surface area contributed by atoms with Crippen LogP contribution >= 0.6 is 0 Å². The molecular weight excluding hydrogens is 174 g/mol. The van der Waals surface area contributed by atoms with Crippen LogP contribution in [0.15, 0.2) is 24.3 Å². The number of ether oxygens (including phenoxy) is 1. The van der Waals surface area contributed by atoms with Crippen LogP contribution in [-0.4, -0.2) is 13.7 Å². The Morgan fingerprint density at radius 2 is 2.21 bits per heavy atom. The molecule has 2 atom stereocenters. The van der Waals surface area contributed by atoms with Crippen LogP contribution in [0.2, 0.25) is 0 Å². The molecule has 0 amide bonds. The predicted octanol–water partition coefficient (Wildman–Crippen LogP) is 1.21. The smallest absolute Gasteiger partial charge is 0.127 e. The van der Waals surface area contributed by atoms with E-state index in [1.807, 2.05) is 12.1 Å². The van der Waals surface area contributed by atoms with E-state index in [2.05, 4.69) is 19.2 Å². The van der Waals surface area contributed by atoms with Crippen LogP contribution in [0.3, 0.4) is 0 Å². The van der Waals surface area contributed by atoms with Crippen molar-refractivity contribution in [2.45, 2.75) is 18.9 Å². The van der Waals surface area contributed by atoms with Gasteiger partial charge in [-0.1, -0.05) is 12.1 Å². The molecule has 0 spiro atoms. The van der Waals surface area contributed by atoms with Crippen LogP contribution in [0.25, 0.3) is 0 Å². The second-order valence-corrected chi connectivity index (χ2v) is 3.85. The molecule has 0 aliphatic carbocycles. The first-order chi connectivity index (χ1) is 6.83. The van der Waals surface area contributed by atoms with Crippen LogP contribution in [0, 0.1) is 7.05 Å². The lowest BCUT2D eigenvalue weighted by Crippen LogP contribution is -3.04. The molecule has 1 saturated heterocycles. The Balaban J connectivity index is 2.30. The van der Waals surface area contributed by atoms with Gasteiger partial charge in [0.15, 0.2) is 0 Å². The molecule has 14 heavy (non-hydrogen) atoms. The van der Waals surface area contributed by atoms with E-state index in [0.717, 1.165) is 5.75 Å². The number of rotatable bonds is 2. The average molecular weight is 191 g/mol. The molecule has 2 heteroatoms. The molecule has 1 aliphatic rings. The third-order valence-electron chi connectivity index (χ3n) is 3.00. The zero-order valence-corrected chi connectivity index (χ0v) is 8.62. The molecule has 1 heterocycles. The van der Waals surface area contributed by atoms with Gasteiger partial charge in [-0.05, 0) is 12.1 Å². The lowest BCUT2D eigenvalue weighted by Gasteiger charge is -2.24. The van der Waals surface area contributed by atoms with E-state index >= 15 is 0 Å². The minimum Gasteiger partial charge on any atom is -0.496 e. The summed E-state index contributed by atoms with van der Waals surface area (Å²) in [5, 5.41) is 0. The SMILES string of the molecule is [CH2-][NH+]1CCCC1c1ccccc1OC.